The SMILES string of the molecule is Cc1cc(Br)ccc1-c1n[nH]c(=O)o1. The van der Waals surface area contributed by atoms with Gasteiger partial charge < -0.3 is 4.42 Å². The minimum Gasteiger partial charge on any atom is -0.388 e. The Morgan fingerprint density at radius 1 is 1.50 bits per heavy atom. The summed E-state index contributed by atoms with van der Waals surface area (Å²) < 4.78 is 5.84. The van der Waals surface area contributed by atoms with Gasteiger partial charge in [-0.3, -0.25) is 0 Å². The summed E-state index contributed by atoms with van der Waals surface area (Å²) in [6.07, 6.45) is 0. The fraction of sp³-hybridized carbons (Fsp3) is 0.111. The molecule has 0 unspecified atom stereocenters. The molecule has 2 rings (SSSR count). The van der Waals surface area contributed by atoms with Crippen molar-refractivity contribution in [1.82, 2.24) is 10.2 Å². The quantitative estimate of drug-likeness (QED) is 0.848. The van der Waals surface area contributed by atoms with E-state index in [9.17, 15) is 4.79 Å². The molecular formula is C9H7BrN2O2. The molecule has 0 fully saturated rings. The van der Waals surface area contributed by atoms with Gasteiger partial charge in [0, 0.05) is 10.0 Å². The fourth-order valence-corrected chi connectivity index (χ4v) is 1.69. The summed E-state index contributed by atoms with van der Waals surface area (Å²) in [5.41, 5.74) is 1.81. The van der Waals surface area contributed by atoms with Gasteiger partial charge in [0.1, 0.15) is 0 Å². The Balaban J connectivity index is 2.57. The van der Waals surface area contributed by atoms with Crippen molar-refractivity contribution in [2.24, 2.45) is 0 Å². The lowest BCUT2D eigenvalue weighted by Crippen LogP contribution is -1.93. The number of aromatic amines is 1. The largest absolute Gasteiger partial charge is 0.434 e. The number of aryl methyl sites for hydroxylation is 1. The van der Waals surface area contributed by atoms with E-state index in [0.29, 0.717) is 5.89 Å². The fourth-order valence-electron chi connectivity index (χ4n) is 1.21. The van der Waals surface area contributed by atoms with Gasteiger partial charge in [-0.2, -0.15) is 0 Å². The van der Waals surface area contributed by atoms with E-state index in [1.165, 1.54) is 0 Å². The minimum atomic E-state index is -0.540. The molecule has 0 atom stereocenters. The number of hydrogen-bond donors (Lipinski definition) is 1. The second-order valence-electron chi connectivity index (χ2n) is 2.88. The second-order valence-corrected chi connectivity index (χ2v) is 3.79. The topological polar surface area (TPSA) is 58.9 Å². The number of nitrogens with zero attached hydrogens (tertiary/aromatic N) is 1. The zero-order valence-electron chi connectivity index (χ0n) is 7.37. The van der Waals surface area contributed by atoms with E-state index >= 15 is 0 Å². The summed E-state index contributed by atoms with van der Waals surface area (Å²) in [6, 6.07) is 5.65. The molecule has 0 spiro atoms. The van der Waals surface area contributed by atoms with Crippen molar-refractivity contribution in [1.29, 1.82) is 0 Å². The monoisotopic (exact) mass is 254 g/mol. The molecule has 0 aliphatic carbocycles. The van der Waals surface area contributed by atoms with Crippen LogP contribution in [0.2, 0.25) is 0 Å². The highest BCUT2D eigenvalue weighted by Gasteiger charge is 2.07. The molecule has 0 aliphatic heterocycles. The standard InChI is InChI=1S/C9H7BrN2O2/c1-5-4-6(10)2-3-7(5)8-11-12-9(13)14-8/h2-4H,1H3,(H,12,13). The number of H-pyrrole nitrogens is 1. The van der Waals surface area contributed by atoms with Crippen LogP contribution in [0.3, 0.4) is 0 Å². The maximum absolute atomic E-state index is 10.7. The highest BCUT2D eigenvalue weighted by Crippen LogP contribution is 2.23. The van der Waals surface area contributed by atoms with Gasteiger partial charge in [0.2, 0.25) is 5.89 Å². The van der Waals surface area contributed by atoms with Gasteiger partial charge in [-0.1, -0.05) is 15.9 Å². The first-order valence-electron chi connectivity index (χ1n) is 3.99. The smallest absolute Gasteiger partial charge is 0.388 e. The van der Waals surface area contributed by atoms with Crippen LogP contribution in [0.25, 0.3) is 11.5 Å². The van der Waals surface area contributed by atoms with E-state index in [1.807, 2.05) is 25.1 Å². The lowest BCUT2D eigenvalue weighted by Gasteiger charge is -2.00. The number of benzene rings is 1. The van der Waals surface area contributed by atoms with Gasteiger partial charge in [-0.25, -0.2) is 9.89 Å². The van der Waals surface area contributed by atoms with Crippen LogP contribution in [0.5, 0.6) is 0 Å². The molecule has 1 N–H and O–H groups in total. The molecule has 1 heterocycles. The third-order valence-corrected chi connectivity index (χ3v) is 2.35. The van der Waals surface area contributed by atoms with Gasteiger partial charge in [0.05, 0.1) is 0 Å². The normalized spacial score (nSPS) is 10.4. The molecule has 0 radical (unpaired) electrons. The second kappa shape index (κ2) is 3.42. The van der Waals surface area contributed by atoms with E-state index in [-0.39, 0.29) is 0 Å². The highest BCUT2D eigenvalue weighted by molar-refractivity contribution is 9.10. The third kappa shape index (κ3) is 1.63. The zero-order valence-corrected chi connectivity index (χ0v) is 8.96. The summed E-state index contributed by atoms with van der Waals surface area (Å²) in [5, 5.41) is 5.98. The predicted molar refractivity (Wildman–Crippen MR) is 55.0 cm³/mol. The van der Waals surface area contributed by atoms with Crippen molar-refractivity contribution in [2.45, 2.75) is 6.92 Å². The van der Waals surface area contributed by atoms with Crippen LogP contribution in [0.15, 0.2) is 31.9 Å². The first-order chi connectivity index (χ1) is 6.66. The van der Waals surface area contributed by atoms with E-state index in [2.05, 4.69) is 26.1 Å². The Morgan fingerprint density at radius 2 is 2.29 bits per heavy atom. The van der Waals surface area contributed by atoms with Gasteiger partial charge in [-0.15, -0.1) is 5.10 Å². The van der Waals surface area contributed by atoms with Gasteiger partial charge >= 0.3 is 5.76 Å². The van der Waals surface area contributed by atoms with Gasteiger partial charge in [0.15, 0.2) is 0 Å². The molecule has 0 saturated carbocycles. The summed E-state index contributed by atoms with van der Waals surface area (Å²) in [4.78, 5) is 10.7. The number of halogens is 1. The molecule has 5 heteroatoms. The van der Waals surface area contributed by atoms with Crippen LogP contribution in [-0.2, 0) is 0 Å². The molecule has 0 bridgehead atoms. The van der Waals surface area contributed by atoms with Crippen molar-refractivity contribution in [3.05, 3.63) is 38.8 Å². The third-order valence-electron chi connectivity index (χ3n) is 1.86. The van der Waals surface area contributed by atoms with Crippen LogP contribution in [0.1, 0.15) is 5.56 Å². The highest BCUT2D eigenvalue weighted by atomic mass is 79.9. The van der Waals surface area contributed by atoms with Crippen molar-refractivity contribution in [3.63, 3.8) is 0 Å². The molecule has 72 valence electrons. The molecule has 1 aromatic carbocycles. The van der Waals surface area contributed by atoms with E-state index in [1.54, 1.807) is 0 Å². The molecule has 4 nitrogen and oxygen atoms in total. The molecule has 2 aromatic rings. The molecular weight excluding hydrogens is 248 g/mol. The summed E-state index contributed by atoms with van der Waals surface area (Å²) in [5.74, 6) is -0.220. The summed E-state index contributed by atoms with van der Waals surface area (Å²) in [7, 11) is 0. The average Bonchev–Trinajstić information content (AvgIpc) is 2.51. The van der Waals surface area contributed by atoms with Crippen LogP contribution < -0.4 is 5.76 Å². The lowest BCUT2D eigenvalue weighted by molar-refractivity contribution is 0.526. The van der Waals surface area contributed by atoms with Crippen molar-refractivity contribution in [2.75, 3.05) is 0 Å². The molecule has 0 saturated heterocycles. The van der Waals surface area contributed by atoms with Crippen molar-refractivity contribution >= 4 is 15.9 Å². The number of hydrogen-bond acceptors (Lipinski definition) is 3. The van der Waals surface area contributed by atoms with E-state index in [4.69, 9.17) is 4.42 Å². The molecule has 14 heavy (non-hydrogen) atoms. The van der Waals surface area contributed by atoms with E-state index in [0.717, 1.165) is 15.6 Å². The van der Waals surface area contributed by atoms with Crippen LogP contribution in [0, 0.1) is 6.92 Å². The van der Waals surface area contributed by atoms with Crippen LogP contribution in [-0.4, -0.2) is 10.2 Å². The maximum atomic E-state index is 10.7. The number of aromatic nitrogens is 2. The van der Waals surface area contributed by atoms with Crippen molar-refractivity contribution < 1.29 is 4.42 Å². The zero-order chi connectivity index (χ0) is 10.1. The summed E-state index contributed by atoms with van der Waals surface area (Å²) >= 11 is 3.35. The average molecular weight is 255 g/mol. The minimum absolute atomic E-state index is 0.319. The summed E-state index contributed by atoms with van der Waals surface area (Å²) in [6.45, 7) is 1.93. The Labute approximate surface area is 88.1 Å². The van der Waals surface area contributed by atoms with Crippen molar-refractivity contribution in [3.8, 4) is 11.5 Å². The predicted octanol–water partition coefficient (Wildman–Crippen LogP) is 2.10. The molecule has 0 aliphatic rings. The number of nitrogens with one attached hydrogen (secondary N) is 1. The van der Waals surface area contributed by atoms with Crippen LogP contribution in [0.4, 0.5) is 0 Å². The number of rotatable bonds is 1. The molecule has 0 amide bonds. The lowest BCUT2D eigenvalue weighted by atomic mass is 10.1. The van der Waals surface area contributed by atoms with Gasteiger partial charge in [0.25, 0.3) is 0 Å². The molecule has 1 aromatic heterocycles. The first kappa shape index (κ1) is 9.21. The first-order valence-corrected chi connectivity index (χ1v) is 4.78. The Bertz CT molecular complexity index is 516. The van der Waals surface area contributed by atoms with Crippen LogP contribution >= 0.6 is 15.9 Å². The maximum Gasteiger partial charge on any atom is 0.434 e. The van der Waals surface area contributed by atoms with E-state index < -0.39 is 5.76 Å². The Morgan fingerprint density at radius 3 is 2.86 bits per heavy atom. The van der Waals surface area contributed by atoms with Gasteiger partial charge in [-0.05, 0) is 30.7 Å². The Kier molecular flexibility index (Phi) is 2.25. The Hall–Kier alpha value is -1.36.